The number of hydrogen-bond donors (Lipinski definition) is 0. The molecule has 0 saturated heterocycles. The van der Waals surface area contributed by atoms with Gasteiger partial charge in [-0.1, -0.05) is 12.1 Å². The average molecular weight is 206 g/mol. The molecule has 2 aliphatic rings. The van der Waals surface area contributed by atoms with Crippen molar-refractivity contribution in [1.29, 1.82) is 0 Å². The molecule has 0 bridgehead atoms. The van der Waals surface area contributed by atoms with E-state index in [9.17, 15) is 0 Å². The van der Waals surface area contributed by atoms with Crippen molar-refractivity contribution < 1.29 is 0 Å². The second kappa shape index (κ2) is 2.67. The van der Waals surface area contributed by atoms with E-state index >= 15 is 0 Å². The maximum atomic E-state index is 2.24. The van der Waals surface area contributed by atoms with E-state index < -0.39 is 0 Å². The second-order valence-electron chi connectivity index (χ2n) is 4.04. The summed E-state index contributed by atoms with van der Waals surface area (Å²) in [6.45, 7) is 0. The van der Waals surface area contributed by atoms with Crippen molar-refractivity contribution in [1.82, 2.24) is 9.35 Å². The van der Waals surface area contributed by atoms with E-state index in [1.165, 1.54) is 22.1 Å². The molecule has 0 aliphatic carbocycles. The van der Waals surface area contributed by atoms with E-state index in [0.29, 0.717) is 0 Å². The molecule has 76 valence electrons. The van der Waals surface area contributed by atoms with Gasteiger partial charge in [-0.05, 0) is 48.5 Å². The van der Waals surface area contributed by atoms with Crippen molar-refractivity contribution in [3.05, 3.63) is 60.7 Å². The summed E-state index contributed by atoms with van der Waals surface area (Å²) >= 11 is 0. The van der Waals surface area contributed by atoms with Crippen LogP contribution in [-0.2, 0) is 0 Å². The van der Waals surface area contributed by atoms with Gasteiger partial charge in [-0.2, -0.15) is 0 Å². The lowest BCUT2D eigenvalue weighted by molar-refractivity contribution is 0.775. The number of aromatic nitrogens is 2. The topological polar surface area (TPSA) is 9.86 Å². The van der Waals surface area contributed by atoms with E-state index in [1.54, 1.807) is 0 Å². The van der Waals surface area contributed by atoms with Gasteiger partial charge in [0.15, 0.2) is 0 Å². The first-order valence-corrected chi connectivity index (χ1v) is 5.40. The van der Waals surface area contributed by atoms with Gasteiger partial charge in [0.05, 0.1) is 22.1 Å². The first-order chi connectivity index (χ1) is 7.93. The van der Waals surface area contributed by atoms with Crippen molar-refractivity contribution >= 4 is 22.1 Å². The summed E-state index contributed by atoms with van der Waals surface area (Å²) in [4.78, 5) is 0. The summed E-state index contributed by atoms with van der Waals surface area (Å²) in [5.41, 5.74) is 4.84. The summed E-state index contributed by atoms with van der Waals surface area (Å²) in [6, 6.07) is 21.3. The molecule has 0 atom stereocenters. The van der Waals surface area contributed by atoms with Gasteiger partial charge >= 0.3 is 0 Å². The van der Waals surface area contributed by atoms with Gasteiger partial charge in [-0.25, -0.2) is 9.35 Å². The molecule has 0 unspecified atom stereocenters. The van der Waals surface area contributed by atoms with E-state index in [4.69, 9.17) is 0 Å². The predicted octanol–water partition coefficient (Wildman–Crippen LogP) is 3.35. The third-order valence-corrected chi connectivity index (χ3v) is 3.10. The van der Waals surface area contributed by atoms with Crippen LogP contribution in [0.3, 0.4) is 0 Å². The Morgan fingerprint density at radius 2 is 0.750 bits per heavy atom. The van der Waals surface area contributed by atoms with Crippen LogP contribution in [0.25, 0.3) is 22.1 Å². The van der Waals surface area contributed by atoms with Gasteiger partial charge < -0.3 is 0 Å². The van der Waals surface area contributed by atoms with Crippen LogP contribution in [0.4, 0.5) is 0 Å². The highest BCUT2D eigenvalue weighted by Crippen LogP contribution is 2.21. The zero-order chi connectivity index (χ0) is 10.5. The first kappa shape index (κ1) is 7.99. The summed E-state index contributed by atoms with van der Waals surface area (Å²) in [5.74, 6) is 0. The quantitative estimate of drug-likeness (QED) is 0.417. The minimum Gasteiger partial charge on any atom is -0.249 e. The average Bonchev–Trinajstić information content (AvgIpc) is 2.76. The smallest absolute Gasteiger partial charge is 0.0637 e. The van der Waals surface area contributed by atoms with Crippen LogP contribution in [0.1, 0.15) is 0 Å². The summed E-state index contributed by atoms with van der Waals surface area (Å²) in [5, 5.41) is 0. The summed E-state index contributed by atoms with van der Waals surface area (Å²) in [7, 11) is 0. The molecule has 2 aliphatic heterocycles. The molecule has 16 heavy (non-hydrogen) atoms. The molecule has 2 aromatic rings. The fraction of sp³-hybridized carbons (Fsp3) is 0. The van der Waals surface area contributed by atoms with Crippen LogP contribution in [0, 0.1) is 0 Å². The Balaban J connectivity index is 2.43. The Morgan fingerprint density at radius 1 is 0.438 bits per heavy atom. The molecule has 0 fully saturated rings. The Morgan fingerprint density at radius 3 is 1.06 bits per heavy atom. The van der Waals surface area contributed by atoms with E-state index in [-0.39, 0.29) is 0 Å². The highest BCUT2D eigenvalue weighted by molar-refractivity contribution is 5.70. The van der Waals surface area contributed by atoms with E-state index in [2.05, 4.69) is 70.0 Å². The highest BCUT2D eigenvalue weighted by atomic mass is 15.5. The van der Waals surface area contributed by atoms with Gasteiger partial charge in [-0.3, -0.25) is 0 Å². The molecular weight excluding hydrogens is 196 g/mol. The van der Waals surface area contributed by atoms with Crippen molar-refractivity contribution in [2.24, 2.45) is 0 Å². The Labute approximate surface area is 92.6 Å². The monoisotopic (exact) mass is 206 g/mol. The van der Waals surface area contributed by atoms with Crippen LogP contribution in [-0.4, -0.2) is 9.35 Å². The van der Waals surface area contributed by atoms with Crippen LogP contribution < -0.4 is 0 Å². The van der Waals surface area contributed by atoms with Crippen LogP contribution >= 0.6 is 0 Å². The molecule has 0 radical (unpaired) electrons. The molecule has 2 aromatic heterocycles. The Hall–Kier alpha value is -2.22. The van der Waals surface area contributed by atoms with Gasteiger partial charge in [0.1, 0.15) is 0 Å². The fourth-order valence-corrected chi connectivity index (χ4v) is 2.38. The van der Waals surface area contributed by atoms with Crippen LogP contribution in [0.15, 0.2) is 60.7 Å². The van der Waals surface area contributed by atoms with Crippen molar-refractivity contribution in [2.75, 3.05) is 0 Å². The van der Waals surface area contributed by atoms with Crippen LogP contribution in [0.2, 0.25) is 0 Å². The highest BCUT2D eigenvalue weighted by Gasteiger charge is 2.07. The zero-order valence-electron chi connectivity index (χ0n) is 8.67. The SMILES string of the molecule is c1cc2ccc3cccc4ccc(c1)n4-n23. The lowest BCUT2D eigenvalue weighted by Gasteiger charge is -2.09. The molecule has 4 rings (SSSR count). The van der Waals surface area contributed by atoms with Crippen molar-refractivity contribution in [3.8, 4) is 0 Å². The lowest BCUT2D eigenvalue weighted by Crippen LogP contribution is -2.05. The molecule has 2 nitrogen and oxygen atoms in total. The lowest BCUT2D eigenvalue weighted by atomic mass is 10.4. The molecule has 0 saturated carbocycles. The largest absolute Gasteiger partial charge is 0.249 e. The molecule has 0 N–H and O–H groups in total. The normalized spacial score (nSPS) is 11.8. The zero-order valence-corrected chi connectivity index (χ0v) is 8.67. The summed E-state index contributed by atoms with van der Waals surface area (Å²) in [6.07, 6.45) is 0. The molecule has 0 aromatic carbocycles. The Kier molecular flexibility index (Phi) is 1.33. The summed E-state index contributed by atoms with van der Waals surface area (Å²) < 4.78 is 4.48. The van der Waals surface area contributed by atoms with Gasteiger partial charge in [0.2, 0.25) is 0 Å². The van der Waals surface area contributed by atoms with Gasteiger partial charge in [0, 0.05) is 0 Å². The maximum Gasteiger partial charge on any atom is 0.0637 e. The molecule has 0 amide bonds. The Bertz CT molecular complexity index is 637. The molecule has 2 heteroatoms. The first-order valence-electron chi connectivity index (χ1n) is 5.40. The van der Waals surface area contributed by atoms with E-state index in [1.807, 2.05) is 0 Å². The maximum absolute atomic E-state index is 2.24. The fourth-order valence-electron chi connectivity index (χ4n) is 2.38. The minimum absolute atomic E-state index is 1.21. The van der Waals surface area contributed by atoms with Crippen molar-refractivity contribution in [2.45, 2.75) is 0 Å². The third kappa shape index (κ3) is 0.865. The van der Waals surface area contributed by atoms with Gasteiger partial charge in [0.25, 0.3) is 0 Å². The number of hydrogen-bond acceptors (Lipinski definition) is 0. The third-order valence-electron chi connectivity index (χ3n) is 3.10. The van der Waals surface area contributed by atoms with Crippen LogP contribution in [0.5, 0.6) is 0 Å². The minimum atomic E-state index is 1.21. The molecular formula is C14H10N2. The van der Waals surface area contributed by atoms with Gasteiger partial charge in [-0.15, -0.1) is 0 Å². The molecule has 4 heterocycles. The number of rotatable bonds is 0. The predicted molar refractivity (Wildman–Crippen MR) is 65.9 cm³/mol. The second-order valence-corrected chi connectivity index (χ2v) is 4.04. The standard InChI is InChI=1S/C14H10N2/c1-3-11-7-9-13-5-2-6-14-10-8-12(4-1)16(14)15(11)13/h1-10H. The molecule has 0 spiro atoms. The van der Waals surface area contributed by atoms with E-state index in [0.717, 1.165) is 0 Å². The number of nitrogens with zero attached hydrogens (tertiary/aromatic N) is 2. The van der Waals surface area contributed by atoms with Crippen molar-refractivity contribution in [3.63, 3.8) is 0 Å².